The fraction of sp³-hybridized carbons (Fsp3) is 0.500. The second-order valence-corrected chi connectivity index (χ2v) is 5.51. The fourth-order valence-corrected chi connectivity index (χ4v) is 2.10. The van der Waals surface area contributed by atoms with Crippen molar-refractivity contribution in [2.75, 3.05) is 0 Å². The van der Waals surface area contributed by atoms with Crippen molar-refractivity contribution in [2.45, 2.75) is 46.1 Å². The van der Waals surface area contributed by atoms with E-state index in [0.29, 0.717) is 19.3 Å². The van der Waals surface area contributed by atoms with Gasteiger partial charge in [-0.05, 0) is 36.8 Å². The van der Waals surface area contributed by atoms with Gasteiger partial charge in [-0.1, -0.05) is 38.1 Å². The quantitative estimate of drug-likeness (QED) is 0.805. The number of carboxylic acids is 1. The first kappa shape index (κ1) is 16.2. The molecule has 1 amide bonds. The Bertz CT molecular complexity index is 469. The van der Waals surface area contributed by atoms with Crippen molar-refractivity contribution in [1.29, 1.82) is 0 Å². The molecule has 0 unspecified atom stereocenters. The van der Waals surface area contributed by atoms with Gasteiger partial charge in [0.2, 0.25) is 5.91 Å². The maximum atomic E-state index is 11.8. The minimum atomic E-state index is -0.969. The third-order valence-electron chi connectivity index (χ3n) is 3.22. The van der Waals surface area contributed by atoms with E-state index in [2.05, 4.69) is 5.32 Å². The summed E-state index contributed by atoms with van der Waals surface area (Å²) < 4.78 is 0. The summed E-state index contributed by atoms with van der Waals surface area (Å²) in [7, 11) is 0. The van der Waals surface area contributed by atoms with Gasteiger partial charge in [-0.25, -0.2) is 4.79 Å². The van der Waals surface area contributed by atoms with Crippen LogP contribution in [0.1, 0.15) is 37.8 Å². The Labute approximate surface area is 120 Å². The van der Waals surface area contributed by atoms with Gasteiger partial charge in [-0.2, -0.15) is 0 Å². The highest BCUT2D eigenvalue weighted by atomic mass is 16.4. The first-order chi connectivity index (χ1) is 9.40. The third-order valence-corrected chi connectivity index (χ3v) is 3.22. The normalized spacial score (nSPS) is 12.2. The van der Waals surface area contributed by atoms with Gasteiger partial charge in [0.25, 0.3) is 0 Å². The van der Waals surface area contributed by atoms with Crippen molar-refractivity contribution in [1.82, 2.24) is 5.32 Å². The smallest absolute Gasteiger partial charge is 0.326 e. The van der Waals surface area contributed by atoms with E-state index in [1.807, 2.05) is 45.0 Å². The van der Waals surface area contributed by atoms with Crippen molar-refractivity contribution in [3.8, 4) is 0 Å². The third kappa shape index (κ3) is 5.43. The van der Waals surface area contributed by atoms with Crippen LogP contribution >= 0.6 is 0 Å². The molecule has 0 aliphatic carbocycles. The Morgan fingerprint density at radius 3 is 2.45 bits per heavy atom. The van der Waals surface area contributed by atoms with Gasteiger partial charge in [0.15, 0.2) is 0 Å². The van der Waals surface area contributed by atoms with Crippen LogP contribution in [0.3, 0.4) is 0 Å². The van der Waals surface area contributed by atoms with Gasteiger partial charge in [-0.3, -0.25) is 4.79 Å². The molecule has 0 fully saturated rings. The van der Waals surface area contributed by atoms with Gasteiger partial charge in [0.05, 0.1) is 0 Å². The highest BCUT2D eigenvalue weighted by Gasteiger charge is 2.20. The number of amides is 1. The molecule has 1 rings (SSSR count). The van der Waals surface area contributed by atoms with Crippen LogP contribution in [-0.2, 0) is 16.0 Å². The van der Waals surface area contributed by atoms with E-state index in [1.165, 1.54) is 0 Å². The maximum absolute atomic E-state index is 11.8. The Morgan fingerprint density at radius 2 is 1.90 bits per heavy atom. The molecular formula is C16H23NO3. The number of benzene rings is 1. The fourth-order valence-electron chi connectivity index (χ4n) is 2.10. The van der Waals surface area contributed by atoms with Crippen LogP contribution in [0.4, 0.5) is 0 Å². The Hall–Kier alpha value is -1.84. The summed E-state index contributed by atoms with van der Waals surface area (Å²) in [4.78, 5) is 22.9. The second-order valence-electron chi connectivity index (χ2n) is 5.51. The zero-order chi connectivity index (χ0) is 15.1. The minimum absolute atomic E-state index is 0.207. The lowest BCUT2D eigenvalue weighted by atomic mass is 10.0. The molecule has 4 heteroatoms. The van der Waals surface area contributed by atoms with E-state index in [9.17, 15) is 9.59 Å². The van der Waals surface area contributed by atoms with E-state index >= 15 is 0 Å². The van der Waals surface area contributed by atoms with E-state index in [-0.39, 0.29) is 11.8 Å². The van der Waals surface area contributed by atoms with Crippen molar-refractivity contribution in [3.05, 3.63) is 35.4 Å². The monoisotopic (exact) mass is 277 g/mol. The molecule has 0 aliphatic rings. The number of carbonyl (C=O) groups is 2. The van der Waals surface area contributed by atoms with Gasteiger partial charge in [0.1, 0.15) is 6.04 Å². The van der Waals surface area contributed by atoms with Crippen LogP contribution in [0.5, 0.6) is 0 Å². The molecular weight excluding hydrogens is 254 g/mol. The molecule has 0 radical (unpaired) electrons. The van der Waals surface area contributed by atoms with Gasteiger partial charge in [-0.15, -0.1) is 0 Å². The summed E-state index contributed by atoms with van der Waals surface area (Å²) in [5.41, 5.74) is 2.27. The average molecular weight is 277 g/mol. The van der Waals surface area contributed by atoms with Crippen molar-refractivity contribution in [3.63, 3.8) is 0 Å². The molecule has 1 aromatic carbocycles. The number of hydrogen-bond donors (Lipinski definition) is 2. The molecule has 1 atom stereocenters. The van der Waals surface area contributed by atoms with Crippen LogP contribution < -0.4 is 5.32 Å². The van der Waals surface area contributed by atoms with E-state index in [4.69, 9.17) is 5.11 Å². The molecule has 110 valence electrons. The second kappa shape index (κ2) is 7.68. The summed E-state index contributed by atoms with van der Waals surface area (Å²) >= 11 is 0. The largest absolute Gasteiger partial charge is 0.480 e. The zero-order valence-corrected chi connectivity index (χ0v) is 12.3. The highest BCUT2D eigenvalue weighted by molar-refractivity contribution is 5.83. The van der Waals surface area contributed by atoms with Crippen molar-refractivity contribution in [2.24, 2.45) is 5.92 Å². The summed E-state index contributed by atoms with van der Waals surface area (Å²) in [6, 6.07) is 7.11. The first-order valence-electron chi connectivity index (χ1n) is 6.96. The number of aryl methyl sites for hydroxylation is 2. The molecule has 0 spiro atoms. The van der Waals surface area contributed by atoms with E-state index < -0.39 is 12.0 Å². The molecule has 0 saturated heterocycles. The minimum Gasteiger partial charge on any atom is -0.480 e. The van der Waals surface area contributed by atoms with Crippen LogP contribution in [0.15, 0.2) is 24.3 Å². The van der Waals surface area contributed by atoms with Gasteiger partial charge in [0, 0.05) is 6.42 Å². The number of hydrogen-bond acceptors (Lipinski definition) is 2. The molecule has 20 heavy (non-hydrogen) atoms. The molecule has 0 heterocycles. The van der Waals surface area contributed by atoms with Crippen molar-refractivity contribution < 1.29 is 14.7 Å². The predicted molar refractivity (Wildman–Crippen MR) is 78.5 cm³/mol. The summed E-state index contributed by atoms with van der Waals surface area (Å²) in [5.74, 6) is -0.947. The van der Waals surface area contributed by atoms with E-state index in [0.717, 1.165) is 11.1 Å². The van der Waals surface area contributed by atoms with Gasteiger partial charge < -0.3 is 10.4 Å². The zero-order valence-electron chi connectivity index (χ0n) is 12.3. The Balaban J connectivity index is 2.50. The van der Waals surface area contributed by atoms with Crippen LogP contribution in [0.25, 0.3) is 0 Å². The summed E-state index contributed by atoms with van der Waals surface area (Å²) in [6.07, 6.45) is 1.39. The molecule has 0 bridgehead atoms. The molecule has 1 aromatic rings. The topological polar surface area (TPSA) is 66.4 Å². The van der Waals surface area contributed by atoms with Gasteiger partial charge >= 0.3 is 5.97 Å². The molecule has 0 aliphatic heterocycles. The van der Waals surface area contributed by atoms with Crippen LogP contribution in [-0.4, -0.2) is 23.0 Å². The number of aliphatic carboxylic acids is 1. The standard InChI is InChI=1S/C16H23NO3/c1-11(2)10-14(16(19)20)17-15(18)9-8-13-7-5-4-6-12(13)3/h4-7,11,14H,8-10H2,1-3H3,(H,17,18)(H,19,20)/t14-/m1/s1. The number of rotatable bonds is 7. The first-order valence-corrected chi connectivity index (χ1v) is 6.96. The molecule has 0 saturated carbocycles. The lowest BCUT2D eigenvalue weighted by Gasteiger charge is -2.16. The van der Waals surface area contributed by atoms with Crippen molar-refractivity contribution >= 4 is 11.9 Å². The van der Waals surface area contributed by atoms with Crippen LogP contribution in [0, 0.1) is 12.8 Å². The number of carbonyl (C=O) groups excluding carboxylic acids is 1. The van der Waals surface area contributed by atoms with E-state index in [1.54, 1.807) is 0 Å². The predicted octanol–water partition coefficient (Wildman–Crippen LogP) is 2.54. The average Bonchev–Trinajstić information content (AvgIpc) is 2.36. The number of nitrogens with one attached hydrogen (secondary N) is 1. The molecule has 0 aromatic heterocycles. The maximum Gasteiger partial charge on any atom is 0.326 e. The lowest BCUT2D eigenvalue weighted by molar-refractivity contribution is -0.142. The summed E-state index contributed by atoms with van der Waals surface area (Å²) in [6.45, 7) is 5.89. The highest BCUT2D eigenvalue weighted by Crippen LogP contribution is 2.10. The lowest BCUT2D eigenvalue weighted by Crippen LogP contribution is -2.41. The SMILES string of the molecule is Cc1ccccc1CCC(=O)N[C@H](CC(C)C)C(=O)O. The molecule has 2 N–H and O–H groups in total. The van der Waals surface area contributed by atoms with Crippen LogP contribution in [0.2, 0.25) is 0 Å². The Kier molecular flexibility index (Phi) is 6.22. The Morgan fingerprint density at radius 1 is 1.25 bits per heavy atom. The molecule has 4 nitrogen and oxygen atoms in total. The number of carboxylic acid groups (broad SMARTS) is 1. The summed E-state index contributed by atoms with van der Waals surface area (Å²) in [5, 5.41) is 11.7.